The first-order valence-electron chi connectivity index (χ1n) is 7.62. The fourth-order valence-electron chi connectivity index (χ4n) is 2.86. The second-order valence-electron chi connectivity index (χ2n) is 5.97. The van der Waals surface area contributed by atoms with Crippen LogP contribution < -0.4 is 16.3 Å². The number of hydrogen-bond acceptors (Lipinski definition) is 4. The van der Waals surface area contributed by atoms with Crippen LogP contribution in [0.5, 0.6) is 0 Å². The molecule has 0 saturated carbocycles. The highest BCUT2D eigenvalue weighted by atomic mass is 16.1. The van der Waals surface area contributed by atoms with Crippen LogP contribution in [0.15, 0.2) is 53.3 Å². The van der Waals surface area contributed by atoms with Gasteiger partial charge in [0.1, 0.15) is 5.82 Å². The van der Waals surface area contributed by atoms with Crippen molar-refractivity contribution in [2.45, 2.75) is 0 Å². The van der Waals surface area contributed by atoms with Crippen LogP contribution >= 0.6 is 0 Å². The summed E-state index contributed by atoms with van der Waals surface area (Å²) in [5.41, 5.74) is 3.63. The van der Waals surface area contributed by atoms with Crippen molar-refractivity contribution in [3.05, 3.63) is 58.9 Å². The molecule has 2 aromatic heterocycles. The summed E-state index contributed by atoms with van der Waals surface area (Å²) in [6.45, 7) is 0. The summed E-state index contributed by atoms with van der Waals surface area (Å²) >= 11 is 0. The molecule has 0 aliphatic carbocycles. The minimum Gasteiger partial charge on any atom is -0.378 e. The predicted octanol–water partition coefficient (Wildman–Crippen LogP) is 2.32. The summed E-state index contributed by atoms with van der Waals surface area (Å²) in [4.78, 5) is 22.4. The van der Waals surface area contributed by atoms with Crippen molar-refractivity contribution in [3.63, 3.8) is 0 Å². The number of nitrogens with one attached hydrogen (secondary N) is 1. The third kappa shape index (κ3) is 2.11. The van der Waals surface area contributed by atoms with E-state index in [1.165, 1.54) is 4.68 Å². The van der Waals surface area contributed by atoms with Crippen molar-refractivity contribution in [1.29, 1.82) is 0 Å². The van der Waals surface area contributed by atoms with Crippen molar-refractivity contribution in [2.75, 3.05) is 24.8 Å². The van der Waals surface area contributed by atoms with Crippen molar-refractivity contribution < 1.29 is 0 Å². The molecule has 0 fully saturated rings. The second-order valence-corrected chi connectivity index (χ2v) is 5.97. The zero-order valence-corrected chi connectivity index (χ0v) is 13.4. The first-order chi connectivity index (χ1) is 11.5. The van der Waals surface area contributed by atoms with Crippen molar-refractivity contribution in [3.8, 4) is 11.4 Å². The predicted molar refractivity (Wildman–Crippen MR) is 97.8 cm³/mol. The number of fused-ring (bicyclic) bond motifs is 2. The lowest BCUT2D eigenvalue weighted by molar-refractivity contribution is 0.987. The number of aromatic amines is 1. The molecule has 3 N–H and O–H groups in total. The van der Waals surface area contributed by atoms with Crippen LogP contribution in [0.1, 0.15) is 0 Å². The Morgan fingerprint density at radius 3 is 2.71 bits per heavy atom. The van der Waals surface area contributed by atoms with E-state index in [1.54, 1.807) is 0 Å². The number of imidazole rings is 1. The molecule has 0 saturated heterocycles. The number of nitrogens with zero attached hydrogens (tertiary/aromatic N) is 3. The Morgan fingerprint density at radius 1 is 1.12 bits per heavy atom. The molecule has 24 heavy (non-hydrogen) atoms. The number of benzene rings is 2. The minimum atomic E-state index is -0.277. The summed E-state index contributed by atoms with van der Waals surface area (Å²) in [6.07, 6.45) is 0. The molecule has 0 aliphatic heterocycles. The van der Waals surface area contributed by atoms with Crippen LogP contribution in [0.25, 0.3) is 33.3 Å². The Hall–Kier alpha value is -3.28. The smallest absolute Gasteiger partial charge is 0.280 e. The lowest BCUT2D eigenvalue weighted by Gasteiger charge is -2.11. The van der Waals surface area contributed by atoms with Crippen molar-refractivity contribution in [1.82, 2.24) is 14.6 Å². The van der Waals surface area contributed by atoms with E-state index in [-0.39, 0.29) is 5.56 Å². The maximum absolute atomic E-state index is 12.6. The molecule has 6 heteroatoms. The number of pyridine rings is 1. The van der Waals surface area contributed by atoms with Crippen LogP contribution in [0.2, 0.25) is 0 Å². The van der Waals surface area contributed by atoms with E-state index in [9.17, 15) is 4.79 Å². The lowest BCUT2D eigenvalue weighted by atomic mass is 10.1. The van der Waals surface area contributed by atoms with Gasteiger partial charge >= 0.3 is 0 Å². The van der Waals surface area contributed by atoms with Gasteiger partial charge in [0.25, 0.3) is 5.56 Å². The summed E-state index contributed by atoms with van der Waals surface area (Å²) in [5, 5.41) is 0.893. The van der Waals surface area contributed by atoms with Gasteiger partial charge in [-0.1, -0.05) is 18.2 Å². The number of aromatic nitrogens is 3. The average Bonchev–Trinajstić information content (AvgIpc) is 3.01. The van der Waals surface area contributed by atoms with Crippen molar-refractivity contribution >= 4 is 27.6 Å². The molecule has 0 spiro atoms. The van der Waals surface area contributed by atoms with Gasteiger partial charge < -0.3 is 15.7 Å². The van der Waals surface area contributed by atoms with Crippen LogP contribution in [0.3, 0.4) is 0 Å². The van der Waals surface area contributed by atoms with E-state index in [0.717, 1.165) is 22.1 Å². The first-order valence-corrected chi connectivity index (χ1v) is 7.62. The molecule has 0 bridgehead atoms. The second kappa shape index (κ2) is 5.13. The van der Waals surface area contributed by atoms with E-state index in [2.05, 4.69) is 9.97 Å². The molecule has 4 rings (SSSR count). The number of rotatable bonds is 2. The van der Waals surface area contributed by atoms with Gasteiger partial charge in [-0.25, -0.2) is 9.66 Å². The van der Waals surface area contributed by atoms with Crippen LogP contribution in [-0.4, -0.2) is 28.7 Å². The Balaban J connectivity index is 1.95. The topological polar surface area (TPSA) is 79.9 Å². The normalized spacial score (nSPS) is 11.2. The minimum absolute atomic E-state index is 0.277. The molecule has 2 heterocycles. The van der Waals surface area contributed by atoms with E-state index in [1.807, 2.05) is 67.5 Å². The molecule has 6 nitrogen and oxygen atoms in total. The third-order valence-electron chi connectivity index (χ3n) is 4.18. The number of H-pyrrole nitrogens is 1. The van der Waals surface area contributed by atoms with Gasteiger partial charge in [0.05, 0.1) is 22.1 Å². The van der Waals surface area contributed by atoms with Gasteiger partial charge in [-0.3, -0.25) is 4.79 Å². The van der Waals surface area contributed by atoms with E-state index >= 15 is 0 Å². The van der Waals surface area contributed by atoms with Crippen LogP contribution in [-0.2, 0) is 0 Å². The van der Waals surface area contributed by atoms with Crippen molar-refractivity contribution in [2.24, 2.45) is 0 Å². The maximum Gasteiger partial charge on any atom is 0.280 e. The van der Waals surface area contributed by atoms with Gasteiger partial charge in [-0.2, -0.15) is 0 Å². The van der Waals surface area contributed by atoms with Crippen LogP contribution in [0, 0.1) is 0 Å². The van der Waals surface area contributed by atoms with Gasteiger partial charge in [-0.15, -0.1) is 0 Å². The number of hydrogen-bond donors (Lipinski definition) is 2. The Labute approximate surface area is 138 Å². The molecule has 120 valence electrons. The average molecular weight is 319 g/mol. The number of para-hydroxylation sites is 1. The monoisotopic (exact) mass is 319 g/mol. The highest BCUT2D eigenvalue weighted by Gasteiger charge is 2.13. The first kappa shape index (κ1) is 14.3. The molecule has 4 aromatic rings. The molecule has 0 radical (unpaired) electrons. The molecular weight excluding hydrogens is 302 g/mol. The molecular formula is C18H17N5O. The summed E-state index contributed by atoms with van der Waals surface area (Å²) in [7, 11) is 3.96. The largest absolute Gasteiger partial charge is 0.378 e. The highest BCUT2D eigenvalue weighted by Crippen LogP contribution is 2.24. The van der Waals surface area contributed by atoms with Gasteiger partial charge in [0.15, 0.2) is 0 Å². The molecule has 0 amide bonds. The summed E-state index contributed by atoms with van der Waals surface area (Å²) < 4.78 is 1.17. The molecule has 0 unspecified atom stereocenters. The standard InChI is InChI=1S/C18H17N5O/c1-22(2)12-7-8-14-15(10-12)21-17(20-14)13-9-11-5-3-4-6-16(11)23(19)18(13)24/h3-10H,19H2,1-2H3,(H,20,21). The quantitative estimate of drug-likeness (QED) is 0.556. The van der Waals surface area contributed by atoms with Crippen LogP contribution in [0.4, 0.5) is 5.69 Å². The van der Waals surface area contributed by atoms with Gasteiger partial charge in [0, 0.05) is 25.2 Å². The zero-order valence-electron chi connectivity index (χ0n) is 13.4. The van der Waals surface area contributed by atoms with Gasteiger partial charge in [0.2, 0.25) is 0 Å². The zero-order chi connectivity index (χ0) is 16.8. The maximum atomic E-state index is 12.6. The number of nitrogens with two attached hydrogens (primary N) is 1. The summed E-state index contributed by atoms with van der Waals surface area (Å²) in [5.74, 6) is 6.49. The van der Waals surface area contributed by atoms with E-state index in [0.29, 0.717) is 16.9 Å². The van der Waals surface area contributed by atoms with Gasteiger partial charge in [-0.05, 0) is 30.3 Å². The molecule has 0 atom stereocenters. The SMILES string of the molecule is CN(C)c1ccc2nc(-c3cc4ccccc4n(N)c3=O)[nH]c2c1. The number of nitrogen functional groups attached to an aromatic ring is 1. The number of anilines is 1. The molecule has 0 aliphatic rings. The van der Waals surface area contributed by atoms with E-state index in [4.69, 9.17) is 5.84 Å². The Morgan fingerprint density at radius 2 is 1.92 bits per heavy atom. The third-order valence-corrected chi connectivity index (χ3v) is 4.18. The highest BCUT2D eigenvalue weighted by molar-refractivity contribution is 5.86. The summed E-state index contributed by atoms with van der Waals surface area (Å²) in [6, 6.07) is 15.3. The Kier molecular flexibility index (Phi) is 3.06. The molecule has 2 aromatic carbocycles. The fraction of sp³-hybridized carbons (Fsp3) is 0.111. The Bertz CT molecular complexity index is 1120. The lowest BCUT2D eigenvalue weighted by Crippen LogP contribution is -2.28. The fourth-order valence-corrected chi connectivity index (χ4v) is 2.86. The van der Waals surface area contributed by atoms with E-state index < -0.39 is 0 Å².